The van der Waals surface area contributed by atoms with Gasteiger partial charge in [0.15, 0.2) is 0 Å². The molecule has 1 N–H and O–H groups in total. The molecule has 20 heavy (non-hydrogen) atoms. The van der Waals surface area contributed by atoms with Crippen LogP contribution in [0.2, 0.25) is 0 Å². The highest BCUT2D eigenvalue weighted by Gasteiger charge is 2.26. The smallest absolute Gasteiger partial charge is 0.295 e. The summed E-state index contributed by atoms with van der Waals surface area (Å²) in [5, 5.41) is 3.24. The Kier molecular flexibility index (Phi) is 4.55. The Bertz CT molecular complexity index is 506. The summed E-state index contributed by atoms with van der Waals surface area (Å²) in [5.41, 5.74) is 3.45. The molecule has 4 nitrogen and oxygen atoms in total. The molecule has 0 spiro atoms. The largest absolute Gasteiger partial charge is 0.334 e. The lowest BCUT2D eigenvalue weighted by molar-refractivity contribution is -0.126. The third-order valence-corrected chi connectivity index (χ3v) is 3.73. The minimum absolute atomic E-state index is 0.372. The van der Waals surface area contributed by atoms with Gasteiger partial charge in [-0.05, 0) is 44.9 Å². The summed E-state index contributed by atoms with van der Waals surface area (Å²) in [5.74, 6) is -0.745. The molecule has 1 aromatic carbocycles. The van der Waals surface area contributed by atoms with E-state index in [0.717, 1.165) is 36.2 Å². The number of aryl methyl sites for hydroxylation is 3. The molecule has 0 aliphatic carbocycles. The second kappa shape index (κ2) is 6.18. The van der Waals surface area contributed by atoms with Crippen LogP contribution in [0.25, 0.3) is 0 Å². The van der Waals surface area contributed by atoms with E-state index in [-0.39, 0.29) is 11.7 Å². The van der Waals surface area contributed by atoms with Gasteiger partial charge in [0, 0.05) is 25.2 Å². The number of nitrogens with one attached hydrogen (secondary N) is 1. The van der Waals surface area contributed by atoms with Gasteiger partial charge in [-0.2, -0.15) is 0 Å². The first-order chi connectivity index (χ1) is 9.50. The minimum Gasteiger partial charge on any atom is -0.334 e. The molecule has 1 fully saturated rings. The number of nitrogens with zero attached hydrogens (tertiary/aromatic N) is 1. The highest BCUT2D eigenvalue weighted by molar-refractivity contribution is 6.43. The van der Waals surface area contributed by atoms with Crippen LogP contribution in [0.4, 0.5) is 0 Å². The van der Waals surface area contributed by atoms with Crippen LogP contribution >= 0.6 is 0 Å². The third kappa shape index (κ3) is 3.07. The zero-order valence-corrected chi connectivity index (χ0v) is 12.5. The van der Waals surface area contributed by atoms with E-state index < -0.39 is 0 Å². The van der Waals surface area contributed by atoms with Crippen LogP contribution in [0.3, 0.4) is 0 Å². The van der Waals surface area contributed by atoms with E-state index in [4.69, 9.17) is 0 Å². The molecule has 0 saturated carbocycles. The Morgan fingerprint density at radius 1 is 1.05 bits per heavy atom. The maximum atomic E-state index is 12.5. The van der Waals surface area contributed by atoms with Crippen molar-refractivity contribution in [2.45, 2.75) is 27.2 Å². The van der Waals surface area contributed by atoms with Gasteiger partial charge < -0.3 is 10.2 Å². The fourth-order valence-electron chi connectivity index (χ4n) is 2.84. The third-order valence-electron chi connectivity index (χ3n) is 3.73. The van der Waals surface area contributed by atoms with Gasteiger partial charge in [0.25, 0.3) is 11.7 Å². The van der Waals surface area contributed by atoms with Crippen LogP contribution in [0.1, 0.15) is 33.5 Å². The molecule has 1 heterocycles. The maximum Gasteiger partial charge on any atom is 0.295 e. The summed E-state index contributed by atoms with van der Waals surface area (Å²) in [6.45, 7) is 8.70. The molecule has 108 valence electrons. The summed E-state index contributed by atoms with van der Waals surface area (Å²) in [4.78, 5) is 26.6. The second-order valence-electron chi connectivity index (χ2n) is 5.50. The highest BCUT2D eigenvalue weighted by atomic mass is 16.2. The van der Waals surface area contributed by atoms with Gasteiger partial charge in [0.2, 0.25) is 0 Å². The average Bonchev–Trinajstić information content (AvgIpc) is 2.65. The Labute approximate surface area is 120 Å². The van der Waals surface area contributed by atoms with Crippen molar-refractivity contribution in [3.63, 3.8) is 0 Å². The van der Waals surface area contributed by atoms with Crippen molar-refractivity contribution in [3.8, 4) is 0 Å². The summed E-state index contributed by atoms with van der Waals surface area (Å²) < 4.78 is 0. The van der Waals surface area contributed by atoms with Crippen LogP contribution in [-0.2, 0) is 4.79 Å². The summed E-state index contributed by atoms with van der Waals surface area (Å²) in [7, 11) is 0. The van der Waals surface area contributed by atoms with Crippen molar-refractivity contribution >= 4 is 11.7 Å². The van der Waals surface area contributed by atoms with Crippen LogP contribution < -0.4 is 5.32 Å². The molecule has 1 saturated heterocycles. The van der Waals surface area contributed by atoms with Crippen molar-refractivity contribution in [2.75, 3.05) is 26.2 Å². The molecule has 0 unspecified atom stereocenters. The number of carbonyl (C=O) groups excluding carboxylic acids is 2. The fraction of sp³-hybridized carbons (Fsp3) is 0.500. The number of hydrogen-bond acceptors (Lipinski definition) is 3. The topological polar surface area (TPSA) is 49.4 Å². The van der Waals surface area contributed by atoms with E-state index in [2.05, 4.69) is 5.32 Å². The second-order valence-corrected chi connectivity index (χ2v) is 5.50. The Morgan fingerprint density at radius 3 is 2.35 bits per heavy atom. The van der Waals surface area contributed by atoms with Crippen molar-refractivity contribution in [1.29, 1.82) is 0 Å². The molecule has 1 aliphatic rings. The average molecular weight is 274 g/mol. The van der Waals surface area contributed by atoms with Gasteiger partial charge in [-0.3, -0.25) is 9.59 Å². The summed E-state index contributed by atoms with van der Waals surface area (Å²) in [6, 6.07) is 3.91. The summed E-state index contributed by atoms with van der Waals surface area (Å²) >= 11 is 0. The number of rotatable bonds is 2. The Hall–Kier alpha value is -1.68. The van der Waals surface area contributed by atoms with E-state index in [1.54, 1.807) is 4.90 Å². The van der Waals surface area contributed by atoms with Gasteiger partial charge in [0.05, 0.1) is 0 Å². The zero-order chi connectivity index (χ0) is 14.7. The highest BCUT2D eigenvalue weighted by Crippen LogP contribution is 2.18. The lowest BCUT2D eigenvalue weighted by Crippen LogP contribution is -2.39. The number of Topliss-reactive ketones (excluding diaryl/α,β-unsaturated/α-hetero) is 1. The Morgan fingerprint density at radius 2 is 1.70 bits per heavy atom. The predicted octanol–water partition coefficient (Wildman–Crippen LogP) is 1.62. The first-order valence-electron chi connectivity index (χ1n) is 7.13. The quantitative estimate of drug-likeness (QED) is 0.658. The fourth-order valence-corrected chi connectivity index (χ4v) is 2.84. The molecule has 1 aromatic rings. The van der Waals surface area contributed by atoms with Crippen LogP contribution in [0, 0.1) is 20.8 Å². The van der Waals surface area contributed by atoms with Gasteiger partial charge in [-0.15, -0.1) is 0 Å². The van der Waals surface area contributed by atoms with Gasteiger partial charge in [0.1, 0.15) is 0 Å². The van der Waals surface area contributed by atoms with Crippen molar-refractivity contribution in [3.05, 3.63) is 34.4 Å². The molecule has 1 aliphatic heterocycles. The number of benzene rings is 1. The number of hydrogen-bond donors (Lipinski definition) is 1. The molecule has 0 bridgehead atoms. The van der Waals surface area contributed by atoms with Crippen molar-refractivity contribution in [1.82, 2.24) is 10.2 Å². The van der Waals surface area contributed by atoms with E-state index in [9.17, 15) is 9.59 Å². The first-order valence-corrected chi connectivity index (χ1v) is 7.13. The van der Waals surface area contributed by atoms with E-state index >= 15 is 0 Å². The number of carbonyl (C=O) groups is 2. The van der Waals surface area contributed by atoms with Crippen LogP contribution in [0.15, 0.2) is 12.1 Å². The van der Waals surface area contributed by atoms with Gasteiger partial charge in [-0.25, -0.2) is 0 Å². The van der Waals surface area contributed by atoms with E-state index in [0.29, 0.717) is 18.7 Å². The molecule has 4 heteroatoms. The molecule has 0 aromatic heterocycles. The maximum absolute atomic E-state index is 12.5. The molecule has 0 radical (unpaired) electrons. The molecule has 1 amide bonds. The normalized spacial score (nSPS) is 15.8. The van der Waals surface area contributed by atoms with E-state index in [1.807, 2.05) is 32.9 Å². The SMILES string of the molecule is Cc1cc(C)c(C(=O)C(=O)N2CCCNCC2)c(C)c1. The van der Waals surface area contributed by atoms with E-state index in [1.165, 1.54) is 0 Å². The van der Waals surface area contributed by atoms with Crippen molar-refractivity contribution < 1.29 is 9.59 Å². The van der Waals surface area contributed by atoms with Gasteiger partial charge >= 0.3 is 0 Å². The molecule has 2 rings (SSSR count). The zero-order valence-electron chi connectivity index (χ0n) is 12.5. The molecular weight excluding hydrogens is 252 g/mol. The van der Waals surface area contributed by atoms with Crippen LogP contribution in [-0.4, -0.2) is 42.8 Å². The van der Waals surface area contributed by atoms with Gasteiger partial charge in [-0.1, -0.05) is 17.7 Å². The lowest BCUT2D eigenvalue weighted by Gasteiger charge is -2.20. The monoisotopic (exact) mass is 274 g/mol. The number of ketones is 1. The molecular formula is C16H22N2O2. The van der Waals surface area contributed by atoms with Crippen LogP contribution in [0.5, 0.6) is 0 Å². The number of amides is 1. The lowest BCUT2D eigenvalue weighted by atomic mass is 9.96. The predicted molar refractivity (Wildman–Crippen MR) is 79.1 cm³/mol. The first kappa shape index (κ1) is 14.7. The summed E-state index contributed by atoms with van der Waals surface area (Å²) in [6.07, 6.45) is 0.894. The minimum atomic E-state index is -0.373. The standard InChI is InChI=1S/C16H22N2O2/c1-11-9-12(2)14(13(3)10-11)15(19)16(20)18-7-4-5-17-6-8-18/h9-10,17H,4-8H2,1-3H3. The molecule has 0 atom stereocenters. The van der Waals surface area contributed by atoms with Crippen molar-refractivity contribution in [2.24, 2.45) is 0 Å². The Balaban J connectivity index is 2.24.